The Hall–Kier alpha value is -1.51. The van der Waals surface area contributed by atoms with Crippen molar-refractivity contribution in [2.75, 3.05) is 20.1 Å². The van der Waals surface area contributed by atoms with Crippen LogP contribution in [0, 0.1) is 5.41 Å². The smallest absolute Gasteiger partial charge is 0.190 e. The average Bonchev–Trinajstić information content (AvgIpc) is 3.24. The molecule has 1 aliphatic carbocycles. The molecule has 0 spiro atoms. The van der Waals surface area contributed by atoms with Crippen molar-refractivity contribution in [3.05, 3.63) is 35.9 Å². The van der Waals surface area contributed by atoms with E-state index < -0.39 is 0 Å². The summed E-state index contributed by atoms with van der Waals surface area (Å²) < 4.78 is 0. The van der Waals surface area contributed by atoms with Crippen LogP contribution in [0.15, 0.2) is 35.3 Å². The summed E-state index contributed by atoms with van der Waals surface area (Å²) >= 11 is 0. The molecule has 2 rings (SSSR count). The van der Waals surface area contributed by atoms with Crippen molar-refractivity contribution in [2.45, 2.75) is 39.0 Å². The molecule has 1 fully saturated rings. The Bertz CT molecular complexity index is 421. The zero-order valence-corrected chi connectivity index (χ0v) is 12.8. The Morgan fingerprint density at radius 2 is 1.95 bits per heavy atom. The molecule has 0 aliphatic heterocycles. The summed E-state index contributed by atoms with van der Waals surface area (Å²) in [5.74, 6) is 0.942. The Morgan fingerprint density at radius 1 is 1.20 bits per heavy atom. The van der Waals surface area contributed by atoms with Gasteiger partial charge in [0.1, 0.15) is 0 Å². The predicted molar refractivity (Wildman–Crippen MR) is 86.1 cm³/mol. The average molecular weight is 273 g/mol. The Balaban J connectivity index is 1.77. The molecule has 1 aliphatic rings. The monoisotopic (exact) mass is 273 g/mol. The van der Waals surface area contributed by atoms with E-state index in [0.29, 0.717) is 5.41 Å². The van der Waals surface area contributed by atoms with Gasteiger partial charge in [-0.1, -0.05) is 43.7 Å². The van der Waals surface area contributed by atoms with Crippen molar-refractivity contribution in [2.24, 2.45) is 10.4 Å². The molecular weight excluding hydrogens is 246 g/mol. The van der Waals surface area contributed by atoms with Crippen LogP contribution in [-0.2, 0) is 6.42 Å². The lowest BCUT2D eigenvalue weighted by Gasteiger charge is -2.18. The number of benzene rings is 1. The van der Waals surface area contributed by atoms with Gasteiger partial charge in [0.15, 0.2) is 5.96 Å². The number of rotatable bonds is 7. The molecular formula is C17H27N3. The van der Waals surface area contributed by atoms with Gasteiger partial charge >= 0.3 is 0 Å². The quantitative estimate of drug-likeness (QED) is 0.455. The highest BCUT2D eigenvalue weighted by Gasteiger charge is 2.42. The third kappa shape index (κ3) is 4.55. The Morgan fingerprint density at radius 3 is 2.55 bits per heavy atom. The van der Waals surface area contributed by atoms with Crippen LogP contribution < -0.4 is 10.6 Å². The standard InChI is InChI=1S/C17H27N3/c1-3-4-12-19-16(18-2)20-14-17(10-11-17)13-15-8-6-5-7-9-15/h5-9H,3-4,10-14H2,1-2H3,(H2,18,19,20). The van der Waals surface area contributed by atoms with E-state index in [1.165, 1.54) is 37.7 Å². The molecule has 0 heterocycles. The van der Waals surface area contributed by atoms with Crippen LogP contribution in [0.4, 0.5) is 0 Å². The SMILES string of the molecule is CCCCNC(=NC)NCC1(Cc2ccccc2)CC1. The summed E-state index contributed by atoms with van der Waals surface area (Å²) in [6.45, 7) is 4.23. The van der Waals surface area contributed by atoms with E-state index in [9.17, 15) is 0 Å². The molecule has 0 atom stereocenters. The first kappa shape index (κ1) is 14.9. The highest BCUT2D eigenvalue weighted by molar-refractivity contribution is 5.79. The largest absolute Gasteiger partial charge is 0.356 e. The number of hydrogen-bond acceptors (Lipinski definition) is 1. The second-order valence-electron chi connectivity index (χ2n) is 5.87. The van der Waals surface area contributed by atoms with Crippen molar-refractivity contribution in [1.29, 1.82) is 0 Å². The van der Waals surface area contributed by atoms with Crippen LogP contribution in [0.2, 0.25) is 0 Å². The van der Waals surface area contributed by atoms with Crippen molar-refractivity contribution in [3.8, 4) is 0 Å². The summed E-state index contributed by atoms with van der Waals surface area (Å²) in [5, 5.41) is 6.86. The van der Waals surface area contributed by atoms with Crippen molar-refractivity contribution < 1.29 is 0 Å². The summed E-state index contributed by atoms with van der Waals surface area (Å²) in [4.78, 5) is 4.29. The third-order valence-corrected chi connectivity index (χ3v) is 4.06. The van der Waals surface area contributed by atoms with E-state index in [4.69, 9.17) is 0 Å². The van der Waals surface area contributed by atoms with E-state index >= 15 is 0 Å². The summed E-state index contributed by atoms with van der Waals surface area (Å²) in [5.41, 5.74) is 1.89. The second kappa shape index (κ2) is 7.32. The van der Waals surface area contributed by atoms with E-state index in [0.717, 1.165) is 19.0 Å². The fourth-order valence-electron chi connectivity index (χ4n) is 2.50. The summed E-state index contributed by atoms with van der Waals surface area (Å²) in [7, 11) is 1.85. The minimum atomic E-state index is 0.448. The number of aliphatic imine (C=N–C) groups is 1. The number of unbranched alkanes of at least 4 members (excludes halogenated alkanes) is 1. The number of nitrogens with zero attached hydrogens (tertiary/aromatic N) is 1. The number of nitrogens with one attached hydrogen (secondary N) is 2. The van der Waals surface area contributed by atoms with Crippen LogP contribution in [0.3, 0.4) is 0 Å². The highest BCUT2D eigenvalue weighted by atomic mass is 15.2. The molecule has 110 valence electrons. The van der Waals surface area contributed by atoms with Crippen LogP contribution in [0.25, 0.3) is 0 Å². The lowest BCUT2D eigenvalue weighted by molar-refractivity contribution is 0.492. The first-order valence-corrected chi connectivity index (χ1v) is 7.76. The van der Waals surface area contributed by atoms with Gasteiger partial charge in [-0.25, -0.2) is 0 Å². The van der Waals surface area contributed by atoms with Crippen molar-refractivity contribution >= 4 is 5.96 Å². The van der Waals surface area contributed by atoms with E-state index in [-0.39, 0.29) is 0 Å². The van der Waals surface area contributed by atoms with Crippen LogP contribution in [0.1, 0.15) is 38.2 Å². The summed E-state index contributed by atoms with van der Waals surface area (Å²) in [6.07, 6.45) is 6.21. The molecule has 0 unspecified atom stereocenters. The van der Waals surface area contributed by atoms with E-state index in [1.54, 1.807) is 0 Å². The van der Waals surface area contributed by atoms with Gasteiger partial charge in [0, 0.05) is 20.1 Å². The maximum absolute atomic E-state index is 4.29. The molecule has 1 aromatic carbocycles. The van der Waals surface area contributed by atoms with Crippen LogP contribution >= 0.6 is 0 Å². The zero-order chi connectivity index (χ0) is 14.3. The van der Waals surface area contributed by atoms with E-state index in [2.05, 4.69) is 52.9 Å². The lowest BCUT2D eigenvalue weighted by atomic mass is 9.96. The Labute approximate surface area is 122 Å². The molecule has 2 N–H and O–H groups in total. The molecule has 20 heavy (non-hydrogen) atoms. The molecule has 0 saturated heterocycles. The van der Waals surface area contributed by atoms with E-state index in [1.807, 2.05) is 7.05 Å². The second-order valence-corrected chi connectivity index (χ2v) is 5.87. The maximum atomic E-state index is 4.29. The molecule has 1 aromatic rings. The first-order chi connectivity index (χ1) is 9.78. The molecule has 0 aromatic heterocycles. The van der Waals surface area contributed by atoms with Gasteiger partial charge in [0.05, 0.1) is 0 Å². The number of hydrogen-bond donors (Lipinski definition) is 2. The maximum Gasteiger partial charge on any atom is 0.190 e. The number of guanidine groups is 1. The van der Waals surface area contributed by atoms with Gasteiger partial charge in [-0.15, -0.1) is 0 Å². The van der Waals surface area contributed by atoms with Crippen molar-refractivity contribution in [3.63, 3.8) is 0 Å². The minimum Gasteiger partial charge on any atom is -0.356 e. The fraction of sp³-hybridized carbons (Fsp3) is 0.588. The zero-order valence-electron chi connectivity index (χ0n) is 12.8. The highest BCUT2D eigenvalue weighted by Crippen LogP contribution is 2.47. The van der Waals surface area contributed by atoms with Gasteiger partial charge in [0.2, 0.25) is 0 Å². The lowest BCUT2D eigenvalue weighted by Crippen LogP contribution is -2.41. The van der Waals surface area contributed by atoms with Gasteiger partial charge < -0.3 is 10.6 Å². The Kier molecular flexibility index (Phi) is 5.45. The normalized spacial score (nSPS) is 16.8. The molecule has 1 saturated carbocycles. The molecule has 3 nitrogen and oxygen atoms in total. The predicted octanol–water partition coefficient (Wildman–Crippen LogP) is 2.97. The van der Waals surface area contributed by atoms with Gasteiger partial charge in [-0.2, -0.15) is 0 Å². The minimum absolute atomic E-state index is 0.448. The van der Waals surface area contributed by atoms with Crippen LogP contribution in [0.5, 0.6) is 0 Å². The van der Waals surface area contributed by atoms with Gasteiger partial charge in [-0.3, -0.25) is 4.99 Å². The van der Waals surface area contributed by atoms with Crippen LogP contribution in [-0.4, -0.2) is 26.1 Å². The van der Waals surface area contributed by atoms with Crippen molar-refractivity contribution in [1.82, 2.24) is 10.6 Å². The summed E-state index contributed by atoms with van der Waals surface area (Å²) in [6, 6.07) is 10.8. The first-order valence-electron chi connectivity index (χ1n) is 7.76. The topological polar surface area (TPSA) is 36.4 Å². The molecule has 0 bridgehead atoms. The fourth-order valence-corrected chi connectivity index (χ4v) is 2.50. The van der Waals surface area contributed by atoms with Gasteiger partial charge in [-0.05, 0) is 36.7 Å². The molecule has 0 radical (unpaired) electrons. The molecule has 0 amide bonds. The molecule has 3 heteroatoms. The van der Waals surface area contributed by atoms with Gasteiger partial charge in [0.25, 0.3) is 0 Å². The third-order valence-electron chi connectivity index (χ3n) is 4.06.